The largest absolute Gasteiger partial charge is 0.395 e. The highest BCUT2D eigenvalue weighted by Crippen LogP contribution is 2.08. The van der Waals surface area contributed by atoms with Crippen molar-refractivity contribution in [2.24, 2.45) is 0 Å². The van der Waals surface area contributed by atoms with Crippen molar-refractivity contribution in [1.82, 2.24) is 0 Å². The number of aliphatic hydroxyl groups excluding tert-OH is 1. The maximum atomic E-state index is 13.1. The van der Waals surface area contributed by atoms with E-state index in [4.69, 9.17) is 10.4 Å². The first-order chi connectivity index (χ1) is 6.77. The van der Waals surface area contributed by atoms with Crippen LogP contribution in [0.15, 0.2) is 18.2 Å². The average Bonchev–Trinajstić information content (AvgIpc) is 2.21. The van der Waals surface area contributed by atoms with Gasteiger partial charge in [-0.1, -0.05) is 11.8 Å². The molecule has 1 N–H and O–H groups in total. The molecule has 0 unspecified atom stereocenters. The molecule has 0 spiro atoms. The molecule has 14 heavy (non-hydrogen) atoms. The second kappa shape index (κ2) is 5.01. The van der Waals surface area contributed by atoms with Crippen LogP contribution in [0, 0.1) is 29.0 Å². The van der Waals surface area contributed by atoms with Gasteiger partial charge in [0.05, 0.1) is 23.8 Å². The summed E-state index contributed by atoms with van der Waals surface area (Å²) in [5.74, 6) is 4.70. The first kappa shape index (κ1) is 10.2. The maximum Gasteiger partial charge on any atom is 0.138 e. The van der Waals surface area contributed by atoms with Crippen LogP contribution in [0.4, 0.5) is 4.39 Å². The van der Waals surface area contributed by atoms with Gasteiger partial charge in [0.2, 0.25) is 0 Å². The molecule has 0 saturated heterocycles. The van der Waals surface area contributed by atoms with Crippen LogP contribution in [0.25, 0.3) is 0 Å². The quantitative estimate of drug-likeness (QED) is 0.679. The fourth-order valence-corrected chi connectivity index (χ4v) is 0.904. The predicted molar refractivity (Wildman–Crippen MR) is 49.7 cm³/mol. The molecule has 0 aliphatic rings. The van der Waals surface area contributed by atoms with E-state index in [-0.39, 0.29) is 12.2 Å². The monoisotopic (exact) mass is 189 g/mol. The highest BCUT2D eigenvalue weighted by atomic mass is 19.1. The van der Waals surface area contributed by atoms with Crippen LogP contribution in [0.2, 0.25) is 0 Å². The summed E-state index contributed by atoms with van der Waals surface area (Å²) >= 11 is 0. The van der Waals surface area contributed by atoms with Crippen LogP contribution < -0.4 is 0 Å². The van der Waals surface area contributed by atoms with E-state index in [1.165, 1.54) is 18.2 Å². The molecule has 1 rings (SSSR count). The van der Waals surface area contributed by atoms with Crippen molar-refractivity contribution >= 4 is 0 Å². The van der Waals surface area contributed by atoms with Crippen LogP contribution in [0.1, 0.15) is 17.5 Å². The minimum absolute atomic E-state index is 0.0490. The molecule has 0 amide bonds. The van der Waals surface area contributed by atoms with Crippen molar-refractivity contribution in [1.29, 1.82) is 5.26 Å². The molecule has 0 atom stereocenters. The van der Waals surface area contributed by atoms with E-state index >= 15 is 0 Å². The summed E-state index contributed by atoms with van der Waals surface area (Å²) in [4.78, 5) is 0. The van der Waals surface area contributed by atoms with Crippen LogP contribution in [-0.2, 0) is 0 Å². The molecule has 0 aliphatic heterocycles. The Balaban J connectivity index is 2.98. The lowest BCUT2D eigenvalue weighted by Crippen LogP contribution is -1.85. The Bertz CT molecular complexity index is 423. The van der Waals surface area contributed by atoms with Crippen LogP contribution >= 0.6 is 0 Å². The maximum absolute atomic E-state index is 13.1. The fraction of sp³-hybridized carbons (Fsp3) is 0.182. The van der Waals surface area contributed by atoms with Crippen molar-refractivity contribution in [2.75, 3.05) is 6.61 Å². The molecule has 0 radical (unpaired) electrons. The molecular weight excluding hydrogens is 181 g/mol. The SMILES string of the molecule is N#Cc1ccc(F)c(C#CCCO)c1. The Hall–Kier alpha value is -1.84. The summed E-state index contributed by atoms with van der Waals surface area (Å²) in [6, 6.07) is 5.89. The van der Waals surface area contributed by atoms with Gasteiger partial charge in [-0.2, -0.15) is 5.26 Å². The fourth-order valence-electron chi connectivity index (χ4n) is 0.904. The zero-order valence-electron chi connectivity index (χ0n) is 7.42. The third-order valence-corrected chi connectivity index (χ3v) is 1.56. The van der Waals surface area contributed by atoms with Crippen molar-refractivity contribution in [2.45, 2.75) is 6.42 Å². The minimum Gasteiger partial charge on any atom is -0.395 e. The van der Waals surface area contributed by atoms with Gasteiger partial charge in [0.15, 0.2) is 0 Å². The summed E-state index contributed by atoms with van der Waals surface area (Å²) in [5, 5.41) is 17.0. The Kier molecular flexibility index (Phi) is 3.67. The van der Waals surface area contributed by atoms with Crippen molar-refractivity contribution in [3.63, 3.8) is 0 Å². The Labute approximate surface area is 81.6 Å². The van der Waals surface area contributed by atoms with Gasteiger partial charge < -0.3 is 5.11 Å². The van der Waals surface area contributed by atoms with Gasteiger partial charge in [-0.3, -0.25) is 0 Å². The van der Waals surface area contributed by atoms with E-state index in [1.54, 1.807) is 0 Å². The topological polar surface area (TPSA) is 44.0 Å². The van der Waals surface area contributed by atoms with E-state index < -0.39 is 5.82 Å². The smallest absolute Gasteiger partial charge is 0.138 e. The average molecular weight is 189 g/mol. The molecule has 1 aromatic carbocycles. The molecule has 0 aliphatic carbocycles. The number of aliphatic hydroxyl groups is 1. The van der Waals surface area contributed by atoms with E-state index in [2.05, 4.69) is 11.8 Å². The highest BCUT2D eigenvalue weighted by Gasteiger charge is 1.99. The second-order valence-corrected chi connectivity index (χ2v) is 2.58. The van der Waals surface area contributed by atoms with Gasteiger partial charge in [-0.15, -0.1) is 0 Å². The van der Waals surface area contributed by atoms with Gasteiger partial charge >= 0.3 is 0 Å². The Morgan fingerprint density at radius 2 is 2.21 bits per heavy atom. The van der Waals surface area contributed by atoms with Crippen molar-refractivity contribution in [3.8, 4) is 17.9 Å². The molecule has 0 fully saturated rings. The number of nitriles is 1. The predicted octanol–water partition coefficient (Wildman–Crippen LogP) is 1.43. The van der Waals surface area contributed by atoms with Crippen LogP contribution in [-0.4, -0.2) is 11.7 Å². The zero-order chi connectivity index (χ0) is 10.4. The number of rotatable bonds is 1. The van der Waals surface area contributed by atoms with Gasteiger partial charge in [0.25, 0.3) is 0 Å². The van der Waals surface area contributed by atoms with E-state index in [0.29, 0.717) is 12.0 Å². The number of hydrogen-bond donors (Lipinski definition) is 1. The molecule has 0 aromatic heterocycles. The lowest BCUT2D eigenvalue weighted by atomic mass is 10.1. The standard InChI is InChI=1S/C11H8FNO/c12-11-5-4-9(8-13)7-10(11)3-1-2-6-14/h4-5,7,14H,2,6H2. The van der Waals surface area contributed by atoms with Crippen molar-refractivity contribution in [3.05, 3.63) is 35.1 Å². The van der Waals surface area contributed by atoms with Gasteiger partial charge in [-0.25, -0.2) is 4.39 Å². The zero-order valence-corrected chi connectivity index (χ0v) is 7.42. The lowest BCUT2D eigenvalue weighted by Gasteiger charge is -1.93. The van der Waals surface area contributed by atoms with E-state index in [1.807, 2.05) is 6.07 Å². The van der Waals surface area contributed by atoms with Crippen LogP contribution in [0.5, 0.6) is 0 Å². The van der Waals surface area contributed by atoms with Crippen molar-refractivity contribution < 1.29 is 9.50 Å². The lowest BCUT2D eigenvalue weighted by molar-refractivity contribution is 0.305. The number of benzene rings is 1. The molecule has 0 saturated carbocycles. The van der Waals surface area contributed by atoms with E-state index in [9.17, 15) is 4.39 Å². The summed E-state index contributed by atoms with van der Waals surface area (Å²) in [6.45, 7) is -0.0490. The number of nitrogens with zero attached hydrogens (tertiary/aromatic N) is 1. The van der Waals surface area contributed by atoms with Gasteiger partial charge in [-0.05, 0) is 18.2 Å². The molecule has 70 valence electrons. The summed E-state index contributed by atoms with van der Waals surface area (Å²) in [6.07, 6.45) is 0.302. The third-order valence-electron chi connectivity index (χ3n) is 1.56. The van der Waals surface area contributed by atoms with E-state index in [0.717, 1.165) is 0 Å². The molecule has 2 nitrogen and oxygen atoms in total. The molecular formula is C11H8FNO. The number of halogens is 1. The first-order valence-electron chi connectivity index (χ1n) is 4.07. The van der Waals surface area contributed by atoms with Crippen LogP contribution in [0.3, 0.4) is 0 Å². The highest BCUT2D eigenvalue weighted by molar-refractivity contribution is 5.42. The van der Waals surface area contributed by atoms with Gasteiger partial charge in [0, 0.05) is 6.42 Å². The molecule has 3 heteroatoms. The Morgan fingerprint density at radius 1 is 1.43 bits per heavy atom. The second-order valence-electron chi connectivity index (χ2n) is 2.58. The Morgan fingerprint density at radius 3 is 2.86 bits per heavy atom. The third kappa shape index (κ3) is 2.58. The normalized spacial score (nSPS) is 8.64. The summed E-state index contributed by atoms with van der Waals surface area (Å²) in [7, 11) is 0. The van der Waals surface area contributed by atoms with Gasteiger partial charge in [0.1, 0.15) is 5.82 Å². The summed E-state index contributed by atoms with van der Waals surface area (Å²) in [5.41, 5.74) is 0.567. The number of hydrogen-bond acceptors (Lipinski definition) is 2. The minimum atomic E-state index is -0.450. The molecule has 1 aromatic rings. The first-order valence-corrected chi connectivity index (χ1v) is 4.07. The summed E-state index contributed by atoms with van der Waals surface area (Å²) < 4.78 is 13.1. The molecule has 0 bridgehead atoms. The molecule has 0 heterocycles.